The molecular formula is C24H32. The summed E-state index contributed by atoms with van der Waals surface area (Å²) in [6.07, 6.45) is 12.8. The number of hydrogen-bond acceptors (Lipinski definition) is 0. The van der Waals surface area contributed by atoms with Crippen molar-refractivity contribution in [3.05, 3.63) is 77.4 Å². The molecule has 24 heavy (non-hydrogen) atoms. The molecule has 0 atom stereocenters. The minimum absolute atomic E-state index is 0.254. The van der Waals surface area contributed by atoms with E-state index in [1.807, 2.05) is 13.0 Å². The van der Waals surface area contributed by atoms with E-state index in [1.54, 1.807) is 0 Å². The van der Waals surface area contributed by atoms with Gasteiger partial charge in [0.15, 0.2) is 0 Å². The number of fused-ring (bicyclic) bond motifs is 1. The van der Waals surface area contributed by atoms with Crippen molar-refractivity contribution >= 4 is 5.57 Å². The van der Waals surface area contributed by atoms with Gasteiger partial charge in [0.05, 0.1) is 0 Å². The number of benzene rings is 1. The van der Waals surface area contributed by atoms with Crippen LogP contribution in [0.1, 0.15) is 71.1 Å². The van der Waals surface area contributed by atoms with E-state index in [1.165, 1.54) is 40.7 Å². The maximum Gasteiger partial charge on any atom is -0.0100 e. The third-order valence-electron chi connectivity index (χ3n) is 5.36. The van der Waals surface area contributed by atoms with Gasteiger partial charge in [-0.3, -0.25) is 0 Å². The topological polar surface area (TPSA) is 0 Å². The van der Waals surface area contributed by atoms with Crippen molar-refractivity contribution in [3.63, 3.8) is 0 Å². The number of allylic oxidation sites excluding steroid dienone is 7. The minimum Gasteiger partial charge on any atom is -0.0990 e. The lowest BCUT2D eigenvalue weighted by molar-refractivity contribution is 0.332. The lowest BCUT2D eigenvalue weighted by atomic mass is 9.63. The minimum atomic E-state index is 0.254. The Kier molecular flexibility index (Phi) is 5.38. The molecule has 0 aromatic heterocycles. The van der Waals surface area contributed by atoms with Crippen molar-refractivity contribution in [1.29, 1.82) is 0 Å². The first-order chi connectivity index (χ1) is 11.2. The van der Waals surface area contributed by atoms with Crippen molar-refractivity contribution in [2.75, 3.05) is 0 Å². The van der Waals surface area contributed by atoms with Gasteiger partial charge in [0, 0.05) is 0 Å². The molecule has 0 nitrogen and oxygen atoms in total. The second-order valence-electron chi connectivity index (χ2n) is 8.26. The second-order valence-corrected chi connectivity index (χ2v) is 8.26. The van der Waals surface area contributed by atoms with Crippen LogP contribution >= 0.6 is 0 Å². The zero-order chi connectivity index (χ0) is 18.0. The molecule has 0 amide bonds. The Labute approximate surface area is 148 Å². The van der Waals surface area contributed by atoms with Crippen molar-refractivity contribution in [1.82, 2.24) is 0 Å². The van der Waals surface area contributed by atoms with Gasteiger partial charge in [0.1, 0.15) is 0 Å². The van der Waals surface area contributed by atoms with E-state index in [9.17, 15) is 0 Å². The van der Waals surface area contributed by atoms with Crippen molar-refractivity contribution < 1.29 is 0 Å². The highest BCUT2D eigenvalue weighted by molar-refractivity contribution is 5.69. The molecular weight excluding hydrogens is 288 g/mol. The highest BCUT2D eigenvalue weighted by Crippen LogP contribution is 2.46. The summed E-state index contributed by atoms with van der Waals surface area (Å²) < 4.78 is 0. The number of rotatable bonds is 4. The van der Waals surface area contributed by atoms with Crippen LogP contribution in [0.2, 0.25) is 0 Å². The molecule has 1 aliphatic carbocycles. The Morgan fingerprint density at radius 1 is 1.04 bits per heavy atom. The average Bonchev–Trinajstić information content (AvgIpc) is 2.52. The Morgan fingerprint density at radius 2 is 1.67 bits per heavy atom. The van der Waals surface area contributed by atoms with Gasteiger partial charge in [-0.05, 0) is 65.4 Å². The maximum atomic E-state index is 3.82. The smallest absolute Gasteiger partial charge is 0.0100 e. The summed E-state index contributed by atoms with van der Waals surface area (Å²) in [7, 11) is 0. The molecule has 0 heteroatoms. The largest absolute Gasteiger partial charge is 0.0990 e. The molecule has 0 N–H and O–H groups in total. The van der Waals surface area contributed by atoms with Gasteiger partial charge in [-0.2, -0.15) is 0 Å². The van der Waals surface area contributed by atoms with Gasteiger partial charge in [-0.15, -0.1) is 0 Å². The van der Waals surface area contributed by atoms with Crippen LogP contribution in [0, 0.1) is 0 Å². The van der Waals surface area contributed by atoms with Crippen LogP contribution in [-0.2, 0) is 10.8 Å². The molecule has 2 rings (SSSR count). The molecule has 1 aromatic carbocycles. The summed E-state index contributed by atoms with van der Waals surface area (Å²) in [5.41, 5.74) is 7.36. The van der Waals surface area contributed by atoms with Crippen molar-refractivity contribution in [3.8, 4) is 0 Å². The quantitative estimate of drug-likeness (QED) is 0.518. The van der Waals surface area contributed by atoms with E-state index < -0.39 is 0 Å². The molecule has 128 valence electrons. The Hall–Kier alpha value is -1.82. The summed E-state index contributed by atoms with van der Waals surface area (Å²) >= 11 is 0. The van der Waals surface area contributed by atoms with Gasteiger partial charge in [-0.1, -0.05) is 82.9 Å². The van der Waals surface area contributed by atoms with Crippen LogP contribution in [0.3, 0.4) is 0 Å². The lowest BCUT2D eigenvalue weighted by Gasteiger charge is -2.42. The van der Waals surface area contributed by atoms with Gasteiger partial charge in [0.25, 0.3) is 0 Å². The van der Waals surface area contributed by atoms with Crippen LogP contribution in [0.4, 0.5) is 0 Å². The monoisotopic (exact) mass is 320 g/mol. The molecule has 0 fully saturated rings. The third-order valence-corrected chi connectivity index (χ3v) is 5.36. The Morgan fingerprint density at radius 3 is 2.25 bits per heavy atom. The van der Waals surface area contributed by atoms with Gasteiger partial charge in [-0.25, -0.2) is 0 Å². The molecule has 0 heterocycles. The highest BCUT2D eigenvalue weighted by Gasteiger charge is 2.36. The SMILES string of the molecule is C=C/C=C(\C=C/C)/C=C(\C)c1ccc2c(c1)C(C)(C)CCC2(C)C. The van der Waals surface area contributed by atoms with Gasteiger partial charge in [0.2, 0.25) is 0 Å². The number of hydrogen-bond donors (Lipinski definition) is 0. The predicted molar refractivity (Wildman–Crippen MR) is 108 cm³/mol. The summed E-state index contributed by atoms with van der Waals surface area (Å²) in [5.74, 6) is 0. The lowest BCUT2D eigenvalue weighted by Crippen LogP contribution is -2.33. The average molecular weight is 321 g/mol. The van der Waals surface area contributed by atoms with Gasteiger partial charge >= 0.3 is 0 Å². The first-order valence-corrected chi connectivity index (χ1v) is 9.00. The molecule has 0 bridgehead atoms. The fourth-order valence-corrected chi connectivity index (χ4v) is 3.65. The van der Waals surface area contributed by atoms with E-state index in [0.29, 0.717) is 0 Å². The fraction of sp³-hybridized carbons (Fsp3) is 0.417. The molecule has 1 aromatic rings. The van der Waals surface area contributed by atoms with E-state index in [0.717, 1.165) is 0 Å². The molecule has 0 radical (unpaired) electrons. The molecule has 0 saturated carbocycles. The summed E-state index contributed by atoms with van der Waals surface area (Å²) in [6.45, 7) is 17.6. The van der Waals surface area contributed by atoms with E-state index in [-0.39, 0.29) is 10.8 Å². The molecule has 0 aliphatic heterocycles. The summed E-state index contributed by atoms with van der Waals surface area (Å²) in [6, 6.07) is 7.06. The zero-order valence-electron chi connectivity index (χ0n) is 16.2. The molecule has 0 spiro atoms. The first-order valence-electron chi connectivity index (χ1n) is 9.00. The predicted octanol–water partition coefficient (Wildman–Crippen LogP) is 7.13. The van der Waals surface area contributed by atoms with E-state index in [2.05, 4.69) is 83.7 Å². The molecule has 1 aliphatic rings. The van der Waals surface area contributed by atoms with Crippen LogP contribution in [0.25, 0.3) is 5.57 Å². The van der Waals surface area contributed by atoms with E-state index >= 15 is 0 Å². The fourth-order valence-electron chi connectivity index (χ4n) is 3.65. The molecule has 0 unspecified atom stereocenters. The Bertz CT molecular complexity index is 706. The standard InChI is InChI=1S/C24H32/c1-8-10-19(11-9-2)16-18(3)20-12-13-21-22(17-20)24(6,7)15-14-23(21,4)5/h8-13,16-17H,1,14-15H2,2-7H3/b11-9-,18-16+,19-10+. The normalized spacial score (nSPS) is 20.1. The maximum absolute atomic E-state index is 3.82. The summed E-state index contributed by atoms with van der Waals surface area (Å²) in [4.78, 5) is 0. The van der Waals surface area contributed by atoms with Gasteiger partial charge < -0.3 is 0 Å². The first kappa shape index (κ1) is 18.5. The summed E-state index contributed by atoms with van der Waals surface area (Å²) in [5, 5.41) is 0. The van der Waals surface area contributed by atoms with Crippen LogP contribution in [-0.4, -0.2) is 0 Å². The highest BCUT2D eigenvalue weighted by atomic mass is 14.4. The van der Waals surface area contributed by atoms with Crippen LogP contribution in [0.5, 0.6) is 0 Å². The van der Waals surface area contributed by atoms with Crippen LogP contribution in [0.15, 0.2) is 60.7 Å². The molecule has 0 saturated heterocycles. The van der Waals surface area contributed by atoms with Crippen molar-refractivity contribution in [2.24, 2.45) is 0 Å². The van der Waals surface area contributed by atoms with Crippen molar-refractivity contribution in [2.45, 2.75) is 65.2 Å². The third kappa shape index (κ3) is 3.80. The van der Waals surface area contributed by atoms with E-state index in [4.69, 9.17) is 0 Å². The van der Waals surface area contributed by atoms with Crippen LogP contribution < -0.4 is 0 Å². The Balaban J connectivity index is 2.51. The zero-order valence-corrected chi connectivity index (χ0v) is 16.2. The second kappa shape index (κ2) is 6.97.